The van der Waals surface area contributed by atoms with Gasteiger partial charge in [0.15, 0.2) is 4.34 Å². The number of imidazole rings is 1. The Labute approximate surface area is 199 Å². The number of halogens is 1. The van der Waals surface area contributed by atoms with Gasteiger partial charge < -0.3 is 15.2 Å². The lowest BCUT2D eigenvalue weighted by atomic mass is 10.1. The summed E-state index contributed by atoms with van der Waals surface area (Å²) in [6.45, 7) is 1.94. The second kappa shape index (κ2) is 10.2. The Hall–Kier alpha value is -2.88. The molecular formula is C22H21ClN6OS2. The van der Waals surface area contributed by atoms with Crippen LogP contribution in [0.2, 0.25) is 5.02 Å². The maximum atomic E-state index is 12.7. The molecule has 0 bridgehead atoms. The molecule has 0 aliphatic rings. The number of carbonyl (C=O) groups is 1. The molecule has 7 nitrogen and oxygen atoms in total. The van der Waals surface area contributed by atoms with Gasteiger partial charge in [-0.15, -0.1) is 10.2 Å². The predicted octanol–water partition coefficient (Wildman–Crippen LogP) is 4.97. The molecule has 2 heterocycles. The largest absolute Gasteiger partial charge is 0.341 e. The number of thioether (sulfide) groups is 1. The molecule has 0 saturated carbocycles. The van der Waals surface area contributed by atoms with Crippen LogP contribution < -0.4 is 10.6 Å². The van der Waals surface area contributed by atoms with E-state index in [1.165, 1.54) is 23.1 Å². The van der Waals surface area contributed by atoms with Crippen LogP contribution in [-0.2, 0) is 11.8 Å². The third-order valence-electron chi connectivity index (χ3n) is 4.80. The molecule has 1 amide bonds. The van der Waals surface area contributed by atoms with Gasteiger partial charge in [0.25, 0.3) is 0 Å². The van der Waals surface area contributed by atoms with Gasteiger partial charge in [0.1, 0.15) is 11.9 Å². The van der Waals surface area contributed by atoms with Gasteiger partial charge in [-0.05, 0) is 30.2 Å². The summed E-state index contributed by atoms with van der Waals surface area (Å²) >= 11 is 8.91. The minimum absolute atomic E-state index is 0.109. The van der Waals surface area contributed by atoms with Crippen molar-refractivity contribution in [3.63, 3.8) is 0 Å². The van der Waals surface area contributed by atoms with E-state index >= 15 is 0 Å². The Morgan fingerprint density at radius 2 is 2.00 bits per heavy atom. The van der Waals surface area contributed by atoms with Crippen molar-refractivity contribution in [1.82, 2.24) is 25.1 Å². The van der Waals surface area contributed by atoms with Crippen LogP contribution in [0.4, 0.5) is 10.8 Å². The highest BCUT2D eigenvalue weighted by Crippen LogP contribution is 2.31. The van der Waals surface area contributed by atoms with Crippen LogP contribution in [0.3, 0.4) is 0 Å². The molecule has 2 N–H and O–H groups in total. The molecule has 4 aromatic rings. The normalized spacial score (nSPS) is 11.8. The topological polar surface area (TPSA) is 84.7 Å². The van der Waals surface area contributed by atoms with Gasteiger partial charge in [-0.2, -0.15) is 0 Å². The smallest absolute Gasteiger partial charge is 0.231 e. The lowest BCUT2D eigenvalue weighted by molar-refractivity contribution is -0.119. The summed E-state index contributed by atoms with van der Waals surface area (Å²) in [6.07, 6.45) is 3.59. The van der Waals surface area contributed by atoms with Crippen molar-refractivity contribution < 1.29 is 4.79 Å². The second-order valence-electron chi connectivity index (χ2n) is 7.01. The molecule has 1 atom stereocenters. The number of nitrogens with one attached hydrogen (secondary N) is 2. The van der Waals surface area contributed by atoms with Crippen molar-refractivity contribution in [2.24, 2.45) is 7.05 Å². The van der Waals surface area contributed by atoms with Crippen LogP contribution in [0.1, 0.15) is 23.0 Å². The monoisotopic (exact) mass is 484 g/mol. The van der Waals surface area contributed by atoms with Crippen LogP contribution in [0.5, 0.6) is 0 Å². The number of nitrogens with zero attached hydrogens (tertiary/aromatic N) is 4. The van der Waals surface area contributed by atoms with Gasteiger partial charge in [-0.1, -0.05) is 71.1 Å². The molecule has 4 rings (SSSR count). The molecule has 2 aromatic carbocycles. The zero-order chi connectivity index (χ0) is 22.5. The van der Waals surface area contributed by atoms with Gasteiger partial charge >= 0.3 is 0 Å². The predicted molar refractivity (Wildman–Crippen MR) is 130 cm³/mol. The number of anilines is 2. The average Bonchev–Trinajstić information content (AvgIpc) is 3.43. The van der Waals surface area contributed by atoms with E-state index in [1.807, 2.05) is 73.3 Å². The molecule has 0 fully saturated rings. The first-order chi connectivity index (χ1) is 15.5. The lowest BCUT2D eigenvalue weighted by Crippen LogP contribution is -2.32. The molecule has 1 unspecified atom stereocenters. The maximum Gasteiger partial charge on any atom is 0.231 e. The number of amides is 1. The van der Waals surface area contributed by atoms with Crippen LogP contribution in [0.25, 0.3) is 0 Å². The van der Waals surface area contributed by atoms with Gasteiger partial charge in [0.05, 0.1) is 5.75 Å². The summed E-state index contributed by atoms with van der Waals surface area (Å²) in [6, 6.07) is 15.1. The SMILES string of the molecule is Cc1c(Cl)cccc1Nc1nnc(SCC(=O)NC(c2ccccc2)c2nccn2C)s1. The number of benzene rings is 2. The number of rotatable bonds is 8. The molecule has 164 valence electrons. The molecular weight excluding hydrogens is 464 g/mol. The minimum Gasteiger partial charge on any atom is -0.341 e. The summed E-state index contributed by atoms with van der Waals surface area (Å²) < 4.78 is 2.61. The van der Waals surface area contributed by atoms with E-state index < -0.39 is 0 Å². The summed E-state index contributed by atoms with van der Waals surface area (Å²) in [5.74, 6) is 0.884. The van der Waals surface area contributed by atoms with Crippen LogP contribution >= 0.6 is 34.7 Å². The zero-order valence-corrected chi connectivity index (χ0v) is 19.8. The maximum absolute atomic E-state index is 12.7. The first-order valence-corrected chi connectivity index (χ1v) is 12.0. The molecule has 2 aromatic heterocycles. The number of hydrogen-bond acceptors (Lipinski definition) is 7. The van der Waals surface area contributed by atoms with Crippen molar-refractivity contribution in [3.8, 4) is 0 Å². The summed E-state index contributed by atoms with van der Waals surface area (Å²) in [7, 11) is 1.91. The van der Waals surface area contributed by atoms with Gasteiger partial charge in [0, 0.05) is 30.2 Å². The Morgan fingerprint density at radius 1 is 1.19 bits per heavy atom. The van der Waals surface area contributed by atoms with E-state index in [0.717, 1.165) is 22.6 Å². The molecule has 10 heteroatoms. The third kappa shape index (κ3) is 5.29. The van der Waals surface area contributed by atoms with E-state index in [0.29, 0.717) is 14.5 Å². The van der Waals surface area contributed by atoms with Crippen molar-refractivity contribution in [3.05, 3.63) is 82.9 Å². The molecule has 0 spiro atoms. The van der Waals surface area contributed by atoms with Crippen LogP contribution in [-0.4, -0.2) is 31.4 Å². The highest BCUT2D eigenvalue weighted by atomic mass is 35.5. The molecule has 32 heavy (non-hydrogen) atoms. The van der Waals surface area contributed by atoms with Crippen LogP contribution in [0, 0.1) is 6.92 Å². The van der Waals surface area contributed by atoms with Crippen molar-refractivity contribution in [2.45, 2.75) is 17.3 Å². The molecule has 0 aliphatic carbocycles. The van der Waals surface area contributed by atoms with E-state index in [-0.39, 0.29) is 17.7 Å². The highest BCUT2D eigenvalue weighted by molar-refractivity contribution is 8.01. The fourth-order valence-electron chi connectivity index (χ4n) is 3.10. The fourth-order valence-corrected chi connectivity index (χ4v) is 4.85. The van der Waals surface area contributed by atoms with Crippen molar-refractivity contribution >= 4 is 51.4 Å². The highest BCUT2D eigenvalue weighted by Gasteiger charge is 2.21. The Morgan fingerprint density at radius 3 is 2.75 bits per heavy atom. The lowest BCUT2D eigenvalue weighted by Gasteiger charge is -2.19. The Balaban J connectivity index is 1.39. The van der Waals surface area contributed by atoms with E-state index in [4.69, 9.17) is 11.6 Å². The summed E-state index contributed by atoms with van der Waals surface area (Å²) in [5.41, 5.74) is 2.79. The van der Waals surface area contributed by atoms with Gasteiger partial charge in [0.2, 0.25) is 11.0 Å². The number of aromatic nitrogens is 4. The first kappa shape index (κ1) is 22.3. The molecule has 0 aliphatic heterocycles. The third-order valence-corrected chi connectivity index (χ3v) is 7.18. The standard InChI is InChI=1S/C22H21ClN6OS2/c1-14-16(23)9-6-10-17(14)25-21-27-28-22(32-21)31-13-18(30)26-19(15-7-4-3-5-8-15)20-24-11-12-29(20)2/h3-12,19H,13H2,1-2H3,(H,25,27)(H,26,30). The molecule has 0 radical (unpaired) electrons. The minimum atomic E-state index is -0.332. The second-order valence-corrected chi connectivity index (χ2v) is 9.61. The quantitative estimate of drug-likeness (QED) is 0.343. The number of carbonyl (C=O) groups excluding carboxylic acids is 1. The average molecular weight is 485 g/mol. The van der Waals surface area contributed by atoms with Gasteiger partial charge in [-0.3, -0.25) is 4.79 Å². The summed E-state index contributed by atoms with van der Waals surface area (Å²) in [5, 5.41) is 16.0. The van der Waals surface area contributed by atoms with E-state index in [2.05, 4.69) is 25.8 Å². The van der Waals surface area contributed by atoms with Crippen LogP contribution in [0.15, 0.2) is 65.3 Å². The number of hydrogen-bond donors (Lipinski definition) is 2. The molecule has 0 saturated heterocycles. The number of aryl methyl sites for hydroxylation is 1. The first-order valence-electron chi connectivity index (χ1n) is 9.81. The zero-order valence-electron chi connectivity index (χ0n) is 17.4. The fraction of sp³-hybridized carbons (Fsp3) is 0.182. The Kier molecular flexibility index (Phi) is 7.09. The van der Waals surface area contributed by atoms with Crippen molar-refractivity contribution in [1.29, 1.82) is 0 Å². The van der Waals surface area contributed by atoms with Gasteiger partial charge in [-0.25, -0.2) is 4.98 Å². The summed E-state index contributed by atoms with van der Waals surface area (Å²) in [4.78, 5) is 17.2. The van der Waals surface area contributed by atoms with E-state index in [9.17, 15) is 4.79 Å². The van der Waals surface area contributed by atoms with Crippen molar-refractivity contribution in [2.75, 3.05) is 11.1 Å². The Bertz CT molecular complexity index is 1210. The van der Waals surface area contributed by atoms with E-state index in [1.54, 1.807) is 6.20 Å².